The summed E-state index contributed by atoms with van der Waals surface area (Å²) in [5.41, 5.74) is 15.6. The summed E-state index contributed by atoms with van der Waals surface area (Å²) in [6.07, 6.45) is 0. The van der Waals surface area contributed by atoms with Crippen molar-refractivity contribution in [1.29, 1.82) is 0 Å². The highest BCUT2D eigenvalue weighted by Crippen LogP contribution is 2.41. The predicted octanol–water partition coefficient (Wildman–Crippen LogP) is 14.7. The molecule has 10 aromatic rings. The molecular weight excluding hydrogens is 729 g/mol. The van der Waals surface area contributed by atoms with E-state index >= 15 is 0 Å². The van der Waals surface area contributed by atoms with Crippen molar-refractivity contribution < 1.29 is 0 Å². The lowest BCUT2D eigenvalue weighted by Crippen LogP contribution is -2.09. The van der Waals surface area contributed by atoms with Crippen LogP contribution < -0.4 is 4.90 Å². The van der Waals surface area contributed by atoms with E-state index in [-0.39, 0.29) is 0 Å². The van der Waals surface area contributed by atoms with Gasteiger partial charge in [0.05, 0.1) is 5.69 Å². The molecule has 284 valence electrons. The number of para-hydroxylation sites is 1. The maximum Gasteiger partial charge on any atom is 0.182 e. The number of rotatable bonds is 10. The summed E-state index contributed by atoms with van der Waals surface area (Å²) < 4.78 is 1.95. The lowest BCUT2D eigenvalue weighted by atomic mass is 9.89. The maximum absolute atomic E-state index is 5.01. The van der Waals surface area contributed by atoms with Gasteiger partial charge in [0.15, 0.2) is 11.6 Å². The van der Waals surface area contributed by atoms with Crippen molar-refractivity contribution in [3.8, 4) is 73.0 Å². The first-order valence-corrected chi connectivity index (χ1v) is 20.3. The van der Waals surface area contributed by atoms with Crippen molar-refractivity contribution in [2.45, 2.75) is 0 Å². The molecule has 1 aromatic heterocycles. The Kier molecular flexibility index (Phi) is 9.92. The molecule has 0 fully saturated rings. The van der Waals surface area contributed by atoms with Crippen molar-refractivity contribution >= 4 is 17.1 Å². The molecular formula is C56H40N4. The summed E-state index contributed by atoms with van der Waals surface area (Å²) in [6, 6.07) is 85.3. The van der Waals surface area contributed by atoms with Crippen molar-refractivity contribution in [2.24, 2.45) is 0 Å². The lowest BCUT2D eigenvalue weighted by molar-refractivity contribution is 0.891. The Hall–Kier alpha value is -8.08. The third kappa shape index (κ3) is 7.30. The second kappa shape index (κ2) is 16.4. The fourth-order valence-electron chi connectivity index (χ4n) is 7.95. The van der Waals surface area contributed by atoms with Crippen molar-refractivity contribution in [3.63, 3.8) is 0 Å². The number of nitrogens with zero attached hydrogens (tertiary/aromatic N) is 4. The minimum Gasteiger partial charge on any atom is -0.311 e. The standard InChI is InChI=1S/C56H40N4/c1-5-17-41(18-6-1)42-29-35-48(36-30-42)59(47-23-11-4-12-24-47)49-37-31-43(32-38-49)51-25-13-15-27-53(51)54-28-16-14-26-52(54)44-33-39-50(40-34-44)60-56(46-21-9-3-10-22-46)57-55(58-60)45-19-7-2-8-20-45/h1-40H. The first-order chi connectivity index (χ1) is 29.8. The molecule has 0 saturated heterocycles. The Bertz CT molecular complexity index is 2980. The van der Waals surface area contributed by atoms with Gasteiger partial charge in [0.2, 0.25) is 0 Å². The molecule has 0 spiro atoms. The van der Waals surface area contributed by atoms with Crippen LogP contribution in [-0.4, -0.2) is 14.8 Å². The summed E-state index contributed by atoms with van der Waals surface area (Å²) in [7, 11) is 0. The van der Waals surface area contributed by atoms with E-state index in [2.05, 4.69) is 199 Å². The van der Waals surface area contributed by atoms with E-state index < -0.39 is 0 Å². The molecule has 0 atom stereocenters. The van der Waals surface area contributed by atoms with Crippen LogP contribution >= 0.6 is 0 Å². The second-order valence-electron chi connectivity index (χ2n) is 14.7. The molecule has 0 radical (unpaired) electrons. The van der Waals surface area contributed by atoms with E-state index in [1.807, 2.05) is 53.2 Å². The molecule has 4 nitrogen and oxygen atoms in total. The van der Waals surface area contributed by atoms with Crippen LogP contribution in [0.2, 0.25) is 0 Å². The summed E-state index contributed by atoms with van der Waals surface area (Å²) in [5, 5.41) is 5.01. The fourth-order valence-corrected chi connectivity index (χ4v) is 7.95. The fraction of sp³-hybridized carbons (Fsp3) is 0. The van der Waals surface area contributed by atoms with Gasteiger partial charge in [-0.25, -0.2) is 9.67 Å². The molecule has 0 aliphatic rings. The molecule has 0 unspecified atom stereocenters. The Labute approximate surface area is 351 Å². The monoisotopic (exact) mass is 768 g/mol. The molecule has 1 heterocycles. The highest BCUT2D eigenvalue weighted by Gasteiger charge is 2.18. The first-order valence-electron chi connectivity index (χ1n) is 20.3. The summed E-state index contributed by atoms with van der Waals surface area (Å²) in [5.74, 6) is 1.49. The van der Waals surface area contributed by atoms with Crippen molar-refractivity contribution in [2.75, 3.05) is 4.90 Å². The van der Waals surface area contributed by atoms with Crippen LogP contribution in [0.3, 0.4) is 0 Å². The molecule has 0 saturated carbocycles. The third-order valence-corrected chi connectivity index (χ3v) is 10.9. The highest BCUT2D eigenvalue weighted by atomic mass is 15.4. The van der Waals surface area contributed by atoms with Gasteiger partial charge in [-0.1, -0.05) is 194 Å². The average molecular weight is 769 g/mol. The molecule has 0 aliphatic carbocycles. The zero-order chi connectivity index (χ0) is 40.1. The quantitative estimate of drug-likeness (QED) is 0.139. The highest BCUT2D eigenvalue weighted by molar-refractivity contribution is 5.92. The van der Waals surface area contributed by atoms with Crippen LogP contribution in [0.5, 0.6) is 0 Å². The zero-order valence-corrected chi connectivity index (χ0v) is 32.9. The van der Waals surface area contributed by atoms with Crippen LogP contribution in [0.25, 0.3) is 73.0 Å². The van der Waals surface area contributed by atoms with Gasteiger partial charge < -0.3 is 4.90 Å². The topological polar surface area (TPSA) is 34.0 Å². The smallest absolute Gasteiger partial charge is 0.182 e. The molecule has 0 bridgehead atoms. The van der Waals surface area contributed by atoms with Crippen molar-refractivity contribution in [3.05, 3.63) is 243 Å². The molecule has 0 aliphatic heterocycles. The zero-order valence-electron chi connectivity index (χ0n) is 32.9. The largest absolute Gasteiger partial charge is 0.311 e. The second-order valence-corrected chi connectivity index (χ2v) is 14.7. The SMILES string of the molecule is c1ccc(-c2ccc(N(c3ccccc3)c3ccc(-c4ccccc4-c4ccccc4-c4ccc(-n5nc(-c6ccccc6)nc5-c5ccccc5)cc4)cc3)cc2)cc1. The minimum absolute atomic E-state index is 0.693. The maximum atomic E-state index is 5.01. The molecule has 10 rings (SSSR count). The first kappa shape index (κ1) is 36.3. The van der Waals surface area contributed by atoms with Gasteiger partial charge >= 0.3 is 0 Å². The van der Waals surface area contributed by atoms with Gasteiger partial charge in [0, 0.05) is 28.2 Å². The Morgan fingerprint density at radius 2 is 0.650 bits per heavy atom. The van der Waals surface area contributed by atoms with Crippen LogP contribution in [0.1, 0.15) is 0 Å². The third-order valence-electron chi connectivity index (χ3n) is 10.9. The van der Waals surface area contributed by atoms with Gasteiger partial charge in [-0.05, 0) is 93.0 Å². The molecule has 4 heteroatoms. The molecule has 9 aromatic carbocycles. The average Bonchev–Trinajstić information content (AvgIpc) is 3.79. The van der Waals surface area contributed by atoms with Gasteiger partial charge in [-0.3, -0.25) is 0 Å². The Balaban J connectivity index is 0.977. The normalized spacial score (nSPS) is 11.0. The molecule has 60 heavy (non-hydrogen) atoms. The van der Waals surface area contributed by atoms with E-state index in [0.717, 1.165) is 56.4 Å². The van der Waals surface area contributed by atoms with Crippen LogP contribution in [0, 0.1) is 0 Å². The van der Waals surface area contributed by atoms with E-state index in [1.165, 1.54) is 27.8 Å². The number of anilines is 3. The number of aromatic nitrogens is 3. The number of benzene rings is 9. The predicted molar refractivity (Wildman–Crippen MR) is 249 cm³/mol. The van der Waals surface area contributed by atoms with Gasteiger partial charge in [-0.2, -0.15) is 0 Å². The van der Waals surface area contributed by atoms with Crippen LogP contribution in [-0.2, 0) is 0 Å². The van der Waals surface area contributed by atoms with Crippen LogP contribution in [0.15, 0.2) is 243 Å². The molecule has 0 N–H and O–H groups in total. The van der Waals surface area contributed by atoms with E-state index in [4.69, 9.17) is 10.1 Å². The molecule has 0 amide bonds. The van der Waals surface area contributed by atoms with E-state index in [1.54, 1.807) is 0 Å². The summed E-state index contributed by atoms with van der Waals surface area (Å²) in [4.78, 5) is 7.32. The van der Waals surface area contributed by atoms with Crippen molar-refractivity contribution in [1.82, 2.24) is 14.8 Å². The lowest BCUT2D eigenvalue weighted by Gasteiger charge is -2.26. The Morgan fingerprint density at radius 1 is 0.283 bits per heavy atom. The number of hydrogen-bond donors (Lipinski definition) is 0. The Morgan fingerprint density at radius 3 is 1.17 bits per heavy atom. The van der Waals surface area contributed by atoms with Gasteiger partial charge in [0.25, 0.3) is 0 Å². The summed E-state index contributed by atoms with van der Waals surface area (Å²) >= 11 is 0. The van der Waals surface area contributed by atoms with E-state index in [0.29, 0.717) is 5.82 Å². The van der Waals surface area contributed by atoms with Gasteiger partial charge in [0.1, 0.15) is 0 Å². The van der Waals surface area contributed by atoms with E-state index in [9.17, 15) is 0 Å². The summed E-state index contributed by atoms with van der Waals surface area (Å²) in [6.45, 7) is 0. The van der Waals surface area contributed by atoms with Crippen LogP contribution in [0.4, 0.5) is 17.1 Å². The van der Waals surface area contributed by atoms with Gasteiger partial charge in [-0.15, -0.1) is 5.10 Å². The minimum atomic E-state index is 0.693. The number of hydrogen-bond acceptors (Lipinski definition) is 3.